The topological polar surface area (TPSA) is 78.2 Å². The molecule has 0 bridgehead atoms. The van der Waals surface area contributed by atoms with Crippen LogP contribution in [0.4, 0.5) is 5.69 Å². The van der Waals surface area contributed by atoms with Crippen LogP contribution >= 0.6 is 15.9 Å². The Kier molecular flexibility index (Phi) is 4.52. The highest BCUT2D eigenvalue weighted by atomic mass is 79.9. The first-order valence-corrected chi connectivity index (χ1v) is 7.17. The molecule has 2 rings (SSSR count). The SMILES string of the molecule is CCc1nc(Br)cc(Oc2cc(C)c([N+](=O)[O-])cc2C)n1. The van der Waals surface area contributed by atoms with Crippen molar-refractivity contribution >= 4 is 21.6 Å². The van der Waals surface area contributed by atoms with Crippen LogP contribution in [0.3, 0.4) is 0 Å². The van der Waals surface area contributed by atoms with Gasteiger partial charge in [0.2, 0.25) is 5.88 Å². The van der Waals surface area contributed by atoms with Crippen LogP contribution in [-0.4, -0.2) is 14.9 Å². The average molecular weight is 352 g/mol. The molecule has 110 valence electrons. The summed E-state index contributed by atoms with van der Waals surface area (Å²) >= 11 is 3.31. The van der Waals surface area contributed by atoms with Crippen molar-refractivity contribution in [1.82, 2.24) is 9.97 Å². The predicted octanol–water partition coefficient (Wildman–Crippen LogP) is 4.12. The number of nitro benzene ring substituents is 1. The molecular weight excluding hydrogens is 338 g/mol. The van der Waals surface area contributed by atoms with Gasteiger partial charge in [-0.15, -0.1) is 0 Å². The lowest BCUT2D eigenvalue weighted by molar-refractivity contribution is -0.385. The summed E-state index contributed by atoms with van der Waals surface area (Å²) in [6.07, 6.45) is 0.689. The Morgan fingerprint density at radius 1 is 1.24 bits per heavy atom. The molecule has 1 aromatic heterocycles. The van der Waals surface area contributed by atoms with Crippen molar-refractivity contribution < 1.29 is 9.66 Å². The van der Waals surface area contributed by atoms with Gasteiger partial charge in [0.1, 0.15) is 16.2 Å². The molecule has 0 atom stereocenters. The second-order valence-corrected chi connectivity index (χ2v) is 5.37. The van der Waals surface area contributed by atoms with E-state index in [0.29, 0.717) is 39.6 Å². The molecule has 6 nitrogen and oxygen atoms in total. The highest BCUT2D eigenvalue weighted by molar-refractivity contribution is 9.10. The summed E-state index contributed by atoms with van der Waals surface area (Å²) in [4.78, 5) is 19.0. The zero-order valence-electron chi connectivity index (χ0n) is 11.9. The molecule has 0 unspecified atom stereocenters. The molecule has 0 aliphatic carbocycles. The Labute approximate surface area is 130 Å². The molecule has 0 spiro atoms. The molecule has 0 amide bonds. The second kappa shape index (κ2) is 6.17. The highest BCUT2D eigenvalue weighted by Crippen LogP contribution is 2.31. The number of ether oxygens (including phenoxy) is 1. The molecule has 1 heterocycles. The van der Waals surface area contributed by atoms with Gasteiger partial charge in [0.05, 0.1) is 4.92 Å². The third-order valence-corrected chi connectivity index (χ3v) is 3.34. The van der Waals surface area contributed by atoms with Gasteiger partial charge < -0.3 is 4.74 Å². The van der Waals surface area contributed by atoms with Crippen molar-refractivity contribution in [3.63, 3.8) is 0 Å². The molecule has 0 radical (unpaired) electrons. The minimum absolute atomic E-state index is 0.0814. The van der Waals surface area contributed by atoms with E-state index in [1.54, 1.807) is 26.0 Å². The Bertz CT molecular complexity index is 704. The average Bonchev–Trinajstić information content (AvgIpc) is 2.41. The lowest BCUT2D eigenvalue weighted by atomic mass is 10.1. The highest BCUT2D eigenvalue weighted by Gasteiger charge is 2.15. The van der Waals surface area contributed by atoms with E-state index in [-0.39, 0.29) is 5.69 Å². The van der Waals surface area contributed by atoms with E-state index >= 15 is 0 Å². The van der Waals surface area contributed by atoms with Gasteiger partial charge in [-0.2, -0.15) is 4.98 Å². The number of hydrogen-bond acceptors (Lipinski definition) is 5. The van der Waals surface area contributed by atoms with Gasteiger partial charge in [0.15, 0.2) is 0 Å². The van der Waals surface area contributed by atoms with Crippen LogP contribution in [0.2, 0.25) is 0 Å². The molecule has 0 N–H and O–H groups in total. The number of aromatic nitrogens is 2. The largest absolute Gasteiger partial charge is 0.439 e. The predicted molar refractivity (Wildman–Crippen MR) is 81.8 cm³/mol. The molecule has 1 aromatic carbocycles. The monoisotopic (exact) mass is 351 g/mol. The van der Waals surface area contributed by atoms with Crippen LogP contribution in [0.25, 0.3) is 0 Å². The molecule has 7 heteroatoms. The molecule has 21 heavy (non-hydrogen) atoms. The van der Waals surface area contributed by atoms with Crippen LogP contribution in [0.5, 0.6) is 11.6 Å². The second-order valence-electron chi connectivity index (χ2n) is 4.56. The number of benzene rings is 1. The number of hydrogen-bond donors (Lipinski definition) is 0. The van der Waals surface area contributed by atoms with Gasteiger partial charge in [-0.3, -0.25) is 10.1 Å². The smallest absolute Gasteiger partial charge is 0.272 e. The van der Waals surface area contributed by atoms with Crippen molar-refractivity contribution in [2.24, 2.45) is 0 Å². The number of nitrogens with zero attached hydrogens (tertiary/aromatic N) is 3. The lowest BCUT2D eigenvalue weighted by Crippen LogP contribution is -1.99. The van der Waals surface area contributed by atoms with Gasteiger partial charge in [0, 0.05) is 24.1 Å². The van der Waals surface area contributed by atoms with E-state index in [1.165, 1.54) is 6.07 Å². The maximum Gasteiger partial charge on any atom is 0.272 e. The Hall–Kier alpha value is -2.02. The van der Waals surface area contributed by atoms with E-state index in [1.807, 2.05) is 6.92 Å². The first-order valence-electron chi connectivity index (χ1n) is 6.37. The normalized spacial score (nSPS) is 10.5. The van der Waals surface area contributed by atoms with Crippen LogP contribution in [0.1, 0.15) is 23.9 Å². The molecule has 0 aliphatic rings. The fraction of sp³-hybridized carbons (Fsp3) is 0.286. The third-order valence-electron chi connectivity index (χ3n) is 2.94. The van der Waals surface area contributed by atoms with Crippen LogP contribution in [0, 0.1) is 24.0 Å². The quantitative estimate of drug-likeness (QED) is 0.470. The van der Waals surface area contributed by atoms with Crippen molar-refractivity contribution in [2.75, 3.05) is 0 Å². The molecular formula is C14H14BrN3O3. The number of nitro groups is 1. The van der Waals surface area contributed by atoms with Crippen LogP contribution in [-0.2, 0) is 6.42 Å². The van der Waals surface area contributed by atoms with E-state index in [2.05, 4.69) is 25.9 Å². The van der Waals surface area contributed by atoms with Crippen LogP contribution < -0.4 is 4.74 Å². The van der Waals surface area contributed by atoms with Crippen molar-refractivity contribution in [2.45, 2.75) is 27.2 Å². The Morgan fingerprint density at radius 2 is 1.95 bits per heavy atom. The first-order chi connectivity index (χ1) is 9.90. The van der Waals surface area contributed by atoms with E-state index < -0.39 is 4.92 Å². The zero-order chi connectivity index (χ0) is 15.6. The summed E-state index contributed by atoms with van der Waals surface area (Å²) in [5.41, 5.74) is 1.31. The van der Waals surface area contributed by atoms with Crippen molar-refractivity contribution in [3.8, 4) is 11.6 Å². The number of aryl methyl sites for hydroxylation is 3. The Morgan fingerprint density at radius 3 is 2.57 bits per heavy atom. The van der Waals surface area contributed by atoms with E-state index in [0.717, 1.165) is 0 Å². The summed E-state index contributed by atoms with van der Waals surface area (Å²) in [6, 6.07) is 4.81. The minimum Gasteiger partial charge on any atom is -0.439 e. The first kappa shape index (κ1) is 15.4. The van der Waals surface area contributed by atoms with Gasteiger partial charge in [-0.1, -0.05) is 6.92 Å². The summed E-state index contributed by atoms with van der Waals surface area (Å²) < 4.78 is 6.38. The van der Waals surface area contributed by atoms with Crippen molar-refractivity contribution in [3.05, 3.63) is 49.9 Å². The van der Waals surface area contributed by atoms with Crippen molar-refractivity contribution in [1.29, 1.82) is 0 Å². The van der Waals surface area contributed by atoms with Crippen LogP contribution in [0.15, 0.2) is 22.8 Å². The molecule has 0 aliphatic heterocycles. The number of rotatable bonds is 4. The standard InChI is InChI=1S/C14H14BrN3O3/c1-4-13-16-12(15)7-14(17-13)21-11-6-8(2)10(18(19)20)5-9(11)3/h5-7H,4H2,1-3H3. The summed E-state index contributed by atoms with van der Waals surface area (Å²) in [7, 11) is 0. The van der Waals surface area contributed by atoms with Gasteiger partial charge in [-0.25, -0.2) is 4.98 Å². The van der Waals surface area contributed by atoms with E-state index in [4.69, 9.17) is 4.74 Å². The minimum atomic E-state index is -0.400. The van der Waals surface area contributed by atoms with Gasteiger partial charge in [0.25, 0.3) is 5.69 Å². The zero-order valence-corrected chi connectivity index (χ0v) is 13.5. The molecule has 0 fully saturated rings. The molecule has 0 saturated carbocycles. The summed E-state index contributed by atoms with van der Waals surface area (Å²) in [5.74, 6) is 1.62. The maximum atomic E-state index is 10.9. The number of halogens is 1. The fourth-order valence-electron chi connectivity index (χ4n) is 1.85. The molecule has 0 saturated heterocycles. The third kappa shape index (κ3) is 3.55. The summed E-state index contributed by atoms with van der Waals surface area (Å²) in [5, 5.41) is 10.9. The lowest BCUT2D eigenvalue weighted by Gasteiger charge is -2.10. The summed E-state index contributed by atoms with van der Waals surface area (Å²) in [6.45, 7) is 5.39. The van der Waals surface area contributed by atoms with Gasteiger partial charge >= 0.3 is 0 Å². The Balaban J connectivity index is 2.38. The maximum absolute atomic E-state index is 10.9. The fourth-order valence-corrected chi connectivity index (χ4v) is 2.25. The van der Waals surface area contributed by atoms with Gasteiger partial charge in [-0.05, 0) is 41.4 Å². The molecule has 2 aromatic rings. The van der Waals surface area contributed by atoms with E-state index in [9.17, 15) is 10.1 Å².